The van der Waals surface area contributed by atoms with E-state index in [1.165, 1.54) is 22.3 Å². The van der Waals surface area contributed by atoms with Crippen LogP contribution in [0.2, 0.25) is 0 Å². The van der Waals surface area contributed by atoms with Gasteiger partial charge < -0.3 is 5.32 Å². The SMILES string of the molecule is CCNC1c2cc(-c3ccccc3)ccc2C(C)C1C. The lowest BCUT2D eigenvalue weighted by atomic mass is 9.94. The van der Waals surface area contributed by atoms with E-state index in [0.717, 1.165) is 6.54 Å². The van der Waals surface area contributed by atoms with Gasteiger partial charge in [-0.1, -0.05) is 63.2 Å². The molecule has 0 bridgehead atoms. The quantitative estimate of drug-likeness (QED) is 0.844. The molecule has 1 nitrogen and oxygen atoms in total. The minimum atomic E-state index is 0.494. The molecule has 0 spiro atoms. The fraction of sp³-hybridized carbons (Fsp3) is 0.368. The van der Waals surface area contributed by atoms with Crippen molar-refractivity contribution in [3.63, 3.8) is 0 Å². The molecular formula is C19H23N. The van der Waals surface area contributed by atoms with Gasteiger partial charge in [-0.3, -0.25) is 0 Å². The Bertz CT molecular complexity index is 588. The molecule has 0 aromatic heterocycles. The molecule has 3 unspecified atom stereocenters. The minimum Gasteiger partial charge on any atom is -0.310 e. The Kier molecular flexibility index (Phi) is 3.62. The van der Waals surface area contributed by atoms with E-state index >= 15 is 0 Å². The number of hydrogen-bond donors (Lipinski definition) is 1. The van der Waals surface area contributed by atoms with Crippen LogP contribution < -0.4 is 5.32 Å². The zero-order chi connectivity index (χ0) is 14.1. The summed E-state index contributed by atoms with van der Waals surface area (Å²) in [5.74, 6) is 1.30. The Morgan fingerprint density at radius 3 is 2.35 bits per heavy atom. The first-order valence-electron chi connectivity index (χ1n) is 7.65. The number of fused-ring (bicyclic) bond motifs is 1. The average molecular weight is 265 g/mol. The zero-order valence-corrected chi connectivity index (χ0v) is 12.6. The van der Waals surface area contributed by atoms with Gasteiger partial charge >= 0.3 is 0 Å². The molecule has 0 amide bonds. The van der Waals surface area contributed by atoms with Crippen molar-refractivity contribution in [1.29, 1.82) is 0 Å². The van der Waals surface area contributed by atoms with Crippen molar-refractivity contribution in [1.82, 2.24) is 5.32 Å². The molecule has 0 aliphatic heterocycles. The van der Waals surface area contributed by atoms with Crippen molar-refractivity contribution >= 4 is 0 Å². The second-order valence-corrected chi connectivity index (χ2v) is 5.89. The summed E-state index contributed by atoms with van der Waals surface area (Å²) in [7, 11) is 0. The van der Waals surface area contributed by atoms with E-state index in [9.17, 15) is 0 Å². The lowest BCUT2D eigenvalue weighted by molar-refractivity contribution is 0.387. The van der Waals surface area contributed by atoms with Crippen molar-refractivity contribution in [3.8, 4) is 11.1 Å². The van der Waals surface area contributed by atoms with Crippen molar-refractivity contribution in [2.75, 3.05) is 6.54 Å². The van der Waals surface area contributed by atoms with Crippen molar-refractivity contribution < 1.29 is 0 Å². The summed E-state index contributed by atoms with van der Waals surface area (Å²) in [6, 6.07) is 18.1. The fourth-order valence-electron chi connectivity index (χ4n) is 3.44. The van der Waals surface area contributed by atoms with E-state index < -0.39 is 0 Å². The van der Waals surface area contributed by atoms with Crippen LogP contribution in [0, 0.1) is 5.92 Å². The number of hydrogen-bond acceptors (Lipinski definition) is 1. The standard InChI is InChI=1S/C19H23N/c1-4-20-19-14(3)13(2)17-11-10-16(12-18(17)19)15-8-6-5-7-9-15/h5-14,19-20H,4H2,1-3H3. The molecule has 0 fully saturated rings. The van der Waals surface area contributed by atoms with E-state index in [2.05, 4.69) is 74.6 Å². The highest BCUT2D eigenvalue weighted by Gasteiger charge is 2.34. The van der Waals surface area contributed by atoms with E-state index in [0.29, 0.717) is 17.9 Å². The van der Waals surface area contributed by atoms with E-state index in [4.69, 9.17) is 0 Å². The first kappa shape index (κ1) is 13.4. The van der Waals surface area contributed by atoms with E-state index in [-0.39, 0.29) is 0 Å². The highest BCUT2D eigenvalue weighted by molar-refractivity contribution is 5.66. The van der Waals surface area contributed by atoms with Crippen LogP contribution in [-0.2, 0) is 0 Å². The Morgan fingerprint density at radius 1 is 0.900 bits per heavy atom. The van der Waals surface area contributed by atoms with Gasteiger partial charge in [0.25, 0.3) is 0 Å². The molecule has 0 saturated heterocycles. The predicted octanol–water partition coefficient (Wildman–Crippen LogP) is 4.76. The second-order valence-electron chi connectivity index (χ2n) is 5.89. The molecule has 20 heavy (non-hydrogen) atoms. The van der Waals surface area contributed by atoms with Crippen LogP contribution in [0.4, 0.5) is 0 Å². The van der Waals surface area contributed by atoms with Crippen molar-refractivity contribution in [2.24, 2.45) is 5.92 Å². The maximum Gasteiger partial charge on any atom is 0.0354 e. The third kappa shape index (κ3) is 2.16. The van der Waals surface area contributed by atoms with Crippen LogP contribution in [0.5, 0.6) is 0 Å². The third-order valence-corrected chi connectivity index (χ3v) is 4.76. The fourth-order valence-corrected chi connectivity index (χ4v) is 3.44. The molecule has 104 valence electrons. The molecule has 3 rings (SSSR count). The predicted molar refractivity (Wildman–Crippen MR) is 85.9 cm³/mol. The summed E-state index contributed by atoms with van der Waals surface area (Å²) >= 11 is 0. The molecule has 1 aliphatic rings. The van der Waals surface area contributed by atoms with Crippen LogP contribution in [0.15, 0.2) is 48.5 Å². The van der Waals surface area contributed by atoms with Gasteiger partial charge in [0.2, 0.25) is 0 Å². The number of rotatable bonds is 3. The molecule has 0 heterocycles. The Hall–Kier alpha value is -1.60. The van der Waals surface area contributed by atoms with Gasteiger partial charge in [-0.25, -0.2) is 0 Å². The van der Waals surface area contributed by atoms with E-state index in [1.54, 1.807) is 0 Å². The summed E-state index contributed by atoms with van der Waals surface area (Å²) in [4.78, 5) is 0. The van der Waals surface area contributed by atoms with Crippen molar-refractivity contribution in [2.45, 2.75) is 32.7 Å². The van der Waals surface area contributed by atoms with Crippen LogP contribution in [-0.4, -0.2) is 6.54 Å². The van der Waals surface area contributed by atoms with Crippen LogP contribution in [0.3, 0.4) is 0 Å². The van der Waals surface area contributed by atoms with E-state index in [1.807, 2.05) is 0 Å². The molecule has 1 aliphatic carbocycles. The maximum absolute atomic E-state index is 3.66. The molecule has 2 aromatic carbocycles. The lowest BCUT2D eigenvalue weighted by Crippen LogP contribution is -2.24. The lowest BCUT2D eigenvalue weighted by Gasteiger charge is -2.19. The summed E-state index contributed by atoms with van der Waals surface area (Å²) < 4.78 is 0. The minimum absolute atomic E-state index is 0.494. The molecule has 0 radical (unpaired) electrons. The van der Waals surface area contributed by atoms with Gasteiger partial charge in [-0.05, 0) is 46.7 Å². The Labute approximate surface area is 122 Å². The monoisotopic (exact) mass is 265 g/mol. The molecule has 2 aromatic rings. The average Bonchev–Trinajstić information content (AvgIpc) is 2.73. The van der Waals surface area contributed by atoms with Crippen LogP contribution in [0.25, 0.3) is 11.1 Å². The van der Waals surface area contributed by atoms with Gasteiger partial charge in [0.05, 0.1) is 0 Å². The summed E-state index contributed by atoms with van der Waals surface area (Å²) in [6.45, 7) is 7.93. The van der Waals surface area contributed by atoms with Crippen molar-refractivity contribution in [3.05, 3.63) is 59.7 Å². The van der Waals surface area contributed by atoms with Crippen LogP contribution >= 0.6 is 0 Å². The summed E-state index contributed by atoms with van der Waals surface area (Å²) in [5.41, 5.74) is 5.64. The zero-order valence-electron chi connectivity index (χ0n) is 12.6. The van der Waals surface area contributed by atoms with Gasteiger partial charge in [-0.2, -0.15) is 0 Å². The van der Waals surface area contributed by atoms with Crippen LogP contribution in [0.1, 0.15) is 43.9 Å². The third-order valence-electron chi connectivity index (χ3n) is 4.76. The van der Waals surface area contributed by atoms with Gasteiger partial charge in [0, 0.05) is 6.04 Å². The summed E-state index contributed by atoms with van der Waals surface area (Å²) in [5, 5.41) is 3.66. The number of nitrogens with one attached hydrogen (secondary N) is 1. The summed E-state index contributed by atoms with van der Waals surface area (Å²) in [6.07, 6.45) is 0. The molecule has 0 saturated carbocycles. The molecule has 1 N–H and O–H groups in total. The highest BCUT2D eigenvalue weighted by Crippen LogP contribution is 2.45. The van der Waals surface area contributed by atoms with Gasteiger partial charge in [0.15, 0.2) is 0 Å². The Balaban J connectivity index is 2.04. The first-order valence-corrected chi connectivity index (χ1v) is 7.65. The normalized spacial score (nSPS) is 24.6. The van der Waals surface area contributed by atoms with Gasteiger partial charge in [-0.15, -0.1) is 0 Å². The molecular weight excluding hydrogens is 242 g/mol. The first-order chi connectivity index (χ1) is 9.72. The largest absolute Gasteiger partial charge is 0.310 e. The second kappa shape index (κ2) is 5.41. The molecule has 3 atom stereocenters. The smallest absolute Gasteiger partial charge is 0.0354 e. The highest BCUT2D eigenvalue weighted by atomic mass is 14.9. The molecule has 1 heteroatoms. The maximum atomic E-state index is 3.66. The topological polar surface area (TPSA) is 12.0 Å². The van der Waals surface area contributed by atoms with Gasteiger partial charge in [0.1, 0.15) is 0 Å². The number of benzene rings is 2. The Morgan fingerprint density at radius 2 is 1.65 bits per heavy atom.